The number of rotatable bonds is 5. The van der Waals surface area contributed by atoms with E-state index in [0.717, 1.165) is 43.2 Å². The molecule has 0 amide bonds. The van der Waals surface area contributed by atoms with Gasteiger partial charge in [0.05, 0.1) is 12.8 Å². The number of fused-ring (bicyclic) bond motifs is 1. The highest BCUT2D eigenvalue weighted by atomic mass is 16.5. The van der Waals surface area contributed by atoms with Crippen LogP contribution in [0, 0.1) is 5.92 Å². The quantitative estimate of drug-likeness (QED) is 0.628. The third-order valence-electron chi connectivity index (χ3n) is 6.53. The van der Waals surface area contributed by atoms with Gasteiger partial charge >= 0.3 is 0 Å². The summed E-state index contributed by atoms with van der Waals surface area (Å²) < 4.78 is 5.37. The van der Waals surface area contributed by atoms with Crippen molar-refractivity contribution in [3.05, 3.63) is 65.2 Å². The smallest absolute Gasteiger partial charge is 0.119 e. The number of hydrazone groups is 1. The van der Waals surface area contributed by atoms with Gasteiger partial charge < -0.3 is 15.5 Å². The number of likely N-dealkylation sites (tertiary alicyclic amines) is 1. The van der Waals surface area contributed by atoms with Crippen LogP contribution in [-0.4, -0.2) is 37.4 Å². The van der Waals surface area contributed by atoms with Crippen molar-refractivity contribution in [3.8, 4) is 5.75 Å². The molecule has 0 spiro atoms. The molecule has 0 bridgehead atoms. The predicted octanol–water partition coefficient (Wildman–Crippen LogP) is 4.19. The van der Waals surface area contributed by atoms with Crippen LogP contribution in [0.3, 0.4) is 0 Å². The van der Waals surface area contributed by atoms with Gasteiger partial charge in [-0.15, -0.1) is 0 Å². The number of nitrogens with zero attached hydrogens (tertiary/aromatic N) is 2. The summed E-state index contributed by atoms with van der Waals surface area (Å²) in [7, 11) is 1.71. The average Bonchev–Trinajstić information content (AvgIpc) is 2.77. The Labute approximate surface area is 168 Å². The lowest BCUT2D eigenvalue weighted by Crippen LogP contribution is -2.36. The normalized spacial score (nSPS) is 22.2. The van der Waals surface area contributed by atoms with Gasteiger partial charge in [0.25, 0.3) is 0 Å². The maximum atomic E-state index is 5.81. The second-order valence-corrected chi connectivity index (χ2v) is 8.09. The summed E-state index contributed by atoms with van der Waals surface area (Å²) in [6.07, 6.45) is 5.85. The molecule has 2 aromatic carbocycles. The molecule has 1 atom stereocenters. The van der Waals surface area contributed by atoms with Crippen molar-refractivity contribution in [2.75, 3.05) is 26.7 Å². The van der Waals surface area contributed by atoms with E-state index in [2.05, 4.69) is 52.5 Å². The standard InChI is InChI=1S/C24H31N3O/c1-28-22-9-10-23-21(17-22)8-7-20(24(23)26-25)13-16-27-14-11-19(12-15-27)18-5-3-2-4-6-18/h2-6,9-10,17,19-20H,7-8,11-16,25H2,1H3. The zero-order chi connectivity index (χ0) is 19.3. The summed E-state index contributed by atoms with van der Waals surface area (Å²) >= 11 is 0. The largest absolute Gasteiger partial charge is 0.497 e. The lowest BCUT2D eigenvalue weighted by atomic mass is 9.80. The van der Waals surface area contributed by atoms with Gasteiger partial charge in [-0.25, -0.2) is 0 Å². The third-order valence-corrected chi connectivity index (χ3v) is 6.53. The Balaban J connectivity index is 1.33. The molecule has 4 nitrogen and oxygen atoms in total. The summed E-state index contributed by atoms with van der Waals surface area (Å²) in [4.78, 5) is 2.62. The second-order valence-electron chi connectivity index (χ2n) is 8.09. The zero-order valence-electron chi connectivity index (χ0n) is 16.8. The zero-order valence-corrected chi connectivity index (χ0v) is 16.8. The van der Waals surface area contributed by atoms with E-state index in [4.69, 9.17) is 10.6 Å². The van der Waals surface area contributed by atoms with Crippen molar-refractivity contribution in [1.29, 1.82) is 0 Å². The number of ether oxygens (including phenoxy) is 1. The van der Waals surface area contributed by atoms with E-state index in [-0.39, 0.29) is 0 Å². The van der Waals surface area contributed by atoms with E-state index in [0.29, 0.717) is 5.92 Å². The molecular weight excluding hydrogens is 346 g/mol. The second kappa shape index (κ2) is 8.78. The SMILES string of the molecule is COc1ccc2c(c1)CCC(CCN1CCC(c3ccccc3)CC1)C2=NN. The molecule has 1 saturated heterocycles. The van der Waals surface area contributed by atoms with Crippen molar-refractivity contribution < 1.29 is 4.74 Å². The Bertz CT molecular complexity index is 810. The summed E-state index contributed by atoms with van der Waals surface area (Å²) in [6.45, 7) is 3.51. The highest BCUT2D eigenvalue weighted by Crippen LogP contribution is 2.32. The van der Waals surface area contributed by atoms with Crippen LogP contribution in [0.2, 0.25) is 0 Å². The Kier molecular flexibility index (Phi) is 5.96. The Morgan fingerprint density at radius 1 is 1.07 bits per heavy atom. The highest BCUT2D eigenvalue weighted by Gasteiger charge is 2.27. The van der Waals surface area contributed by atoms with Crippen LogP contribution in [-0.2, 0) is 6.42 Å². The minimum absolute atomic E-state index is 0.456. The van der Waals surface area contributed by atoms with Crippen LogP contribution in [0.15, 0.2) is 53.6 Å². The van der Waals surface area contributed by atoms with Gasteiger partial charge in [-0.05, 0) is 87.0 Å². The fraction of sp³-hybridized carbons (Fsp3) is 0.458. The molecule has 0 radical (unpaired) electrons. The third kappa shape index (κ3) is 4.07. The Morgan fingerprint density at radius 3 is 2.57 bits per heavy atom. The van der Waals surface area contributed by atoms with Crippen LogP contribution in [0.25, 0.3) is 0 Å². The number of piperidine rings is 1. The van der Waals surface area contributed by atoms with Crippen LogP contribution in [0.4, 0.5) is 0 Å². The topological polar surface area (TPSA) is 50.8 Å². The predicted molar refractivity (Wildman–Crippen MR) is 115 cm³/mol. The summed E-state index contributed by atoms with van der Waals surface area (Å²) in [5.41, 5.74) is 5.09. The Hall–Kier alpha value is -2.33. The number of hydrogen-bond donors (Lipinski definition) is 1. The molecule has 28 heavy (non-hydrogen) atoms. The number of benzene rings is 2. The van der Waals surface area contributed by atoms with Crippen LogP contribution >= 0.6 is 0 Å². The van der Waals surface area contributed by atoms with Crippen LogP contribution in [0.5, 0.6) is 5.75 Å². The molecule has 2 aromatic rings. The van der Waals surface area contributed by atoms with Gasteiger partial charge in [0.2, 0.25) is 0 Å². The van der Waals surface area contributed by atoms with E-state index < -0.39 is 0 Å². The fourth-order valence-electron chi connectivity index (χ4n) is 4.85. The van der Waals surface area contributed by atoms with Gasteiger partial charge in [-0.1, -0.05) is 30.3 Å². The molecule has 1 fully saturated rings. The number of aryl methyl sites for hydroxylation is 1. The van der Waals surface area contributed by atoms with Gasteiger partial charge in [-0.2, -0.15) is 5.10 Å². The number of nitrogens with two attached hydrogens (primary N) is 1. The molecule has 0 saturated carbocycles. The van der Waals surface area contributed by atoms with E-state index in [9.17, 15) is 0 Å². The summed E-state index contributed by atoms with van der Waals surface area (Å²) in [5, 5.41) is 4.20. The highest BCUT2D eigenvalue weighted by molar-refractivity contribution is 6.04. The summed E-state index contributed by atoms with van der Waals surface area (Å²) in [5.74, 6) is 7.90. The average molecular weight is 378 g/mol. The molecule has 4 rings (SSSR count). The van der Waals surface area contributed by atoms with Crippen molar-refractivity contribution in [1.82, 2.24) is 4.90 Å². The van der Waals surface area contributed by atoms with E-state index >= 15 is 0 Å². The number of methoxy groups -OCH3 is 1. The molecule has 2 N–H and O–H groups in total. The molecule has 1 unspecified atom stereocenters. The van der Waals surface area contributed by atoms with Crippen molar-refractivity contribution >= 4 is 5.71 Å². The van der Waals surface area contributed by atoms with Crippen LogP contribution in [0.1, 0.15) is 48.3 Å². The monoisotopic (exact) mass is 377 g/mol. The lowest BCUT2D eigenvalue weighted by molar-refractivity contribution is 0.203. The first-order valence-electron chi connectivity index (χ1n) is 10.5. The van der Waals surface area contributed by atoms with Crippen molar-refractivity contribution in [2.24, 2.45) is 16.9 Å². The minimum atomic E-state index is 0.456. The van der Waals surface area contributed by atoms with E-state index in [1.165, 1.54) is 42.6 Å². The van der Waals surface area contributed by atoms with Crippen molar-refractivity contribution in [2.45, 2.75) is 38.0 Å². The fourth-order valence-corrected chi connectivity index (χ4v) is 4.85. The molecule has 148 valence electrons. The molecule has 0 aromatic heterocycles. The van der Waals surface area contributed by atoms with E-state index in [1.54, 1.807) is 7.11 Å². The summed E-state index contributed by atoms with van der Waals surface area (Å²) in [6, 6.07) is 17.2. The van der Waals surface area contributed by atoms with Crippen LogP contribution < -0.4 is 10.6 Å². The molecule has 4 heteroatoms. The molecular formula is C24H31N3O. The molecule has 2 aliphatic rings. The number of hydrogen-bond acceptors (Lipinski definition) is 4. The molecule has 1 aliphatic heterocycles. The maximum absolute atomic E-state index is 5.81. The van der Waals surface area contributed by atoms with Crippen molar-refractivity contribution in [3.63, 3.8) is 0 Å². The van der Waals surface area contributed by atoms with E-state index in [1.807, 2.05) is 6.07 Å². The molecule has 1 heterocycles. The van der Waals surface area contributed by atoms with Gasteiger partial charge in [0.15, 0.2) is 0 Å². The minimum Gasteiger partial charge on any atom is -0.497 e. The lowest BCUT2D eigenvalue weighted by Gasteiger charge is -2.34. The maximum Gasteiger partial charge on any atom is 0.119 e. The van der Waals surface area contributed by atoms with Gasteiger partial charge in [0, 0.05) is 11.5 Å². The Morgan fingerprint density at radius 2 is 1.86 bits per heavy atom. The first-order valence-corrected chi connectivity index (χ1v) is 10.5. The van der Waals surface area contributed by atoms with Gasteiger partial charge in [0.1, 0.15) is 5.75 Å². The first-order chi connectivity index (χ1) is 13.8. The van der Waals surface area contributed by atoms with Gasteiger partial charge in [-0.3, -0.25) is 0 Å². The molecule has 1 aliphatic carbocycles. The first kappa shape index (κ1) is 19.0.